The predicted molar refractivity (Wildman–Crippen MR) is 84.7 cm³/mol. The lowest BCUT2D eigenvalue weighted by Gasteiger charge is -2.07. The van der Waals surface area contributed by atoms with Crippen LogP contribution >= 0.6 is 0 Å². The maximum absolute atomic E-state index is 5.76. The van der Waals surface area contributed by atoms with Gasteiger partial charge in [-0.05, 0) is 68.3 Å². The molecule has 3 nitrogen and oxygen atoms in total. The molecule has 1 aromatic heterocycles. The Morgan fingerprint density at radius 1 is 1.05 bits per heavy atom. The Balaban J connectivity index is 2.27. The molecule has 102 valence electrons. The lowest BCUT2D eigenvalue weighted by molar-refractivity contribution is 0.796. The van der Waals surface area contributed by atoms with Gasteiger partial charge in [0.05, 0.1) is 11.0 Å². The quantitative estimate of drug-likeness (QED) is 0.714. The first-order valence-corrected chi connectivity index (χ1v) is 6.93. The summed E-state index contributed by atoms with van der Waals surface area (Å²) < 4.78 is 2.26. The number of hydrogen-bond acceptors (Lipinski definition) is 2. The van der Waals surface area contributed by atoms with E-state index < -0.39 is 0 Å². The SMILES string of the molecule is CCn1c(-c2ccc(N)cc2)nc2cc(C)c(C)cc21. The topological polar surface area (TPSA) is 43.8 Å². The molecule has 1 heterocycles. The van der Waals surface area contributed by atoms with Crippen molar-refractivity contribution in [2.24, 2.45) is 0 Å². The molecule has 0 bridgehead atoms. The summed E-state index contributed by atoms with van der Waals surface area (Å²) in [5, 5.41) is 0. The predicted octanol–water partition coefficient (Wildman–Crippen LogP) is 3.92. The molecule has 20 heavy (non-hydrogen) atoms. The van der Waals surface area contributed by atoms with E-state index >= 15 is 0 Å². The molecule has 3 aromatic rings. The molecule has 2 N–H and O–H groups in total. The third kappa shape index (κ3) is 1.95. The maximum Gasteiger partial charge on any atom is 0.141 e. The Labute approximate surface area is 119 Å². The Morgan fingerprint density at radius 2 is 1.70 bits per heavy atom. The summed E-state index contributed by atoms with van der Waals surface area (Å²) in [5.41, 5.74) is 12.5. The van der Waals surface area contributed by atoms with Gasteiger partial charge in [0.25, 0.3) is 0 Å². The molecule has 3 rings (SSSR count). The average Bonchev–Trinajstić information content (AvgIpc) is 2.78. The van der Waals surface area contributed by atoms with Gasteiger partial charge in [0.2, 0.25) is 0 Å². The average molecular weight is 265 g/mol. The van der Waals surface area contributed by atoms with Crippen LogP contribution in [0.15, 0.2) is 36.4 Å². The number of nitrogen functional groups attached to an aromatic ring is 1. The van der Waals surface area contributed by atoms with Gasteiger partial charge >= 0.3 is 0 Å². The molecule has 0 fully saturated rings. The van der Waals surface area contributed by atoms with Crippen LogP contribution in [0.5, 0.6) is 0 Å². The van der Waals surface area contributed by atoms with Gasteiger partial charge in [-0.15, -0.1) is 0 Å². The summed E-state index contributed by atoms with van der Waals surface area (Å²) in [5.74, 6) is 1.01. The number of aryl methyl sites for hydroxylation is 3. The molecule has 0 aliphatic carbocycles. The van der Waals surface area contributed by atoms with Crippen LogP contribution in [0.1, 0.15) is 18.1 Å². The summed E-state index contributed by atoms with van der Waals surface area (Å²) in [4.78, 5) is 4.81. The maximum atomic E-state index is 5.76. The molecule has 0 spiro atoms. The van der Waals surface area contributed by atoms with E-state index in [0.29, 0.717) is 0 Å². The molecule has 3 heteroatoms. The van der Waals surface area contributed by atoms with E-state index in [1.807, 2.05) is 24.3 Å². The third-order valence-corrected chi connectivity index (χ3v) is 3.85. The first kappa shape index (κ1) is 12.7. The van der Waals surface area contributed by atoms with Gasteiger partial charge in [-0.3, -0.25) is 0 Å². The number of hydrogen-bond donors (Lipinski definition) is 1. The molecule has 0 atom stereocenters. The molecular weight excluding hydrogens is 246 g/mol. The highest BCUT2D eigenvalue weighted by atomic mass is 15.1. The smallest absolute Gasteiger partial charge is 0.141 e. The molecule has 0 amide bonds. The van der Waals surface area contributed by atoms with Crippen LogP contribution in [0.2, 0.25) is 0 Å². The van der Waals surface area contributed by atoms with Crippen molar-refractivity contribution >= 4 is 16.7 Å². The number of aromatic nitrogens is 2. The first-order chi connectivity index (χ1) is 9.60. The number of imidazole rings is 1. The van der Waals surface area contributed by atoms with E-state index in [9.17, 15) is 0 Å². The van der Waals surface area contributed by atoms with Gasteiger partial charge in [-0.25, -0.2) is 4.98 Å². The normalized spacial score (nSPS) is 11.2. The van der Waals surface area contributed by atoms with E-state index in [1.54, 1.807) is 0 Å². The van der Waals surface area contributed by atoms with Crippen LogP contribution in [0.4, 0.5) is 5.69 Å². The largest absolute Gasteiger partial charge is 0.399 e. The van der Waals surface area contributed by atoms with Crippen LogP contribution in [-0.4, -0.2) is 9.55 Å². The van der Waals surface area contributed by atoms with E-state index in [0.717, 1.165) is 29.1 Å². The molecule has 0 unspecified atom stereocenters. The van der Waals surface area contributed by atoms with Crippen LogP contribution in [0.3, 0.4) is 0 Å². The minimum Gasteiger partial charge on any atom is -0.399 e. The summed E-state index contributed by atoms with van der Waals surface area (Å²) in [6, 6.07) is 12.3. The van der Waals surface area contributed by atoms with Crippen LogP contribution in [0.25, 0.3) is 22.4 Å². The van der Waals surface area contributed by atoms with Crippen molar-refractivity contribution in [3.8, 4) is 11.4 Å². The zero-order valence-corrected chi connectivity index (χ0v) is 12.1. The standard InChI is InChI=1S/C17H19N3/c1-4-20-16-10-12(3)11(2)9-15(16)19-17(20)13-5-7-14(18)8-6-13/h5-10H,4,18H2,1-3H3. The van der Waals surface area contributed by atoms with Gasteiger partial charge in [-0.2, -0.15) is 0 Å². The summed E-state index contributed by atoms with van der Waals surface area (Å²) in [6.45, 7) is 7.32. The van der Waals surface area contributed by atoms with Crippen molar-refractivity contribution < 1.29 is 0 Å². The highest BCUT2D eigenvalue weighted by Gasteiger charge is 2.12. The van der Waals surface area contributed by atoms with E-state index in [4.69, 9.17) is 10.7 Å². The summed E-state index contributed by atoms with van der Waals surface area (Å²) in [6.07, 6.45) is 0. The second kappa shape index (κ2) is 4.67. The highest BCUT2D eigenvalue weighted by Crippen LogP contribution is 2.27. The second-order valence-corrected chi connectivity index (χ2v) is 5.23. The molecule has 0 saturated carbocycles. The minimum absolute atomic E-state index is 0.777. The fraction of sp³-hybridized carbons (Fsp3) is 0.235. The van der Waals surface area contributed by atoms with Gasteiger partial charge in [0, 0.05) is 17.8 Å². The number of nitrogens with two attached hydrogens (primary N) is 1. The lowest BCUT2D eigenvalue weighted by atomic mass is 10.1. The molecule has 0 aliphatic heterocycles. The van der Waals surface area contributed by atoms with Crippen LogP contribution in [0, 0.1) is 13.8 Å². The zero-order valence-electron chi connectivity index (χ0n) is 12.1. The van der Waals surface area contributed by atoms with Crippen molar-refractivity contribution in [2.45, 2.75) is 27.3 Å². The van der Waals surface area contributed by atoms with Crippen molar-refractivity contribution in [2.75, 3.05) is 5.73 Å². The van der Waals surface area contributed by atoms with E-state index in [-0.39, 0.29) is 0 Å². The van der Waals surface area contributed by atoms with Gasteiger partial charge in [0.1, 0.15) is 5.82 Å². The molecule has 0 saturated heterocycles. The Bertz CT molecular complexity index is 767. The minimum atomic E-state index is 0.777. The van der Waals surface area contributed by atoms with Gasteiger partial charge in [0.15, 0.2) is 0 Å². The fourth-order valence-corrected chi connectivity index (χ4v) is 2.55. The van der Waals surface area contributed by atoms with E-state index in [1.165, 1.54) is 16.6 Å². The molecule has 2 aromatic carbocycles. The Kier molecular flexibility index (Phi) is 2.97. The molecule has 0 aliphatic rings. The Morgan fingerprint density at radius 3 is 2.35 bits per heavy atom. The van der Waals surface area contributed by atoms with E-state index in [2.05, 4.69) is 37.5 Å². The molecule has 0 radical (unpaired) electrons. The highest BCUT2D eigenvalue weighted by molar-refractivity contribution is 5.82. The third-order valence-electron chi connectivity index (χ3n) is 3.85. The molecular formula is C17H19N3. The monoisotopic (exact) mass is 265 g/mol. The number of anilines is 1. The Hall–Kier alpha value is -2.29. The second-order valence-electron chi connectivity index (χ2n) is 5.23. The number of nitrogens with zero attached hydrogens (tertiary/aromatic N) is 2. The van der Waals surface area contributed by atoms with Crippen molar-refractivity contribution in [3.05, 3.63) is 47.5 Å². The van der Waals surface area contributed by atoms with Crippen LogP contribution in [-0.2, 0) is 6.54 Å². The number of fused-ring (bicyclic) bond motifs is 1. The number of benzene rings is 2. The number of rotatable bonds is 2. The van der Waals surface area contributed by atoms with Crippen molar-refractivity contribution in [1.29, 1.82) is 0 Å². The van der Waals surface area contributed by atoms with Crippen LogP contribution < -0.4 is 5.73 Å². The summed E-state index contributed by atoms with van der Waals surface area (Å²) >= 11 is 0. The fourth-order valence-electron chi connectivity index (χ4n) is 2.55. The van der Waals surface area contributed by atoms with Crippen molar-refractivity contribution in [1.82, 2.24) is 9.55 Å². The van der Waals surface area contributed by atoms with Gasteiger partial charge in [-0.1, -0.05) is 0 Å². The first-order valence-electron chi connectivity index (χ1n) is 6.93. The zero-order chi connectivity index (χ0) is 14.3. The lowest BCUT2D eigenvalue weighted by Crippen LogP contribution is -1.98. The summed E-state index contributed by atoms with van der Waals surface area (Å²) in [7, 11) is 0. The van der Waals surface area contributed by atoms with Gasteiger partial charge < -0.3 is 10.3 Å². The van der Waals surface area contributed by atoms with Crippen molar-refractivity contribution in [3.63, 3.8) is 0 Å².